The lowest BCUT2D eigenvalue weighted by Gasteiger charge is -2.26. The molecule has 1 fully saturated rings. The lowest BCUT2D eigenvalue weighted by molar-refractivity contribution is -0.122. The summed E-state index contributed by atoms with van der Waals surface area (Å²) in [6.45, 7) is 4.69. The minimum Gasteiger partial charge on any atom is -0.381 e. The Labute approximate surface area is 206 Å². The Morgan fingerprint density at radius 1 is 1.29 bits per heavy atom. The van der Waals surface area contributed by atoms with Gasteiger partial charge >= 0.3 is 0 Å². The molecule has 4 rings (SSSR count). The second-order valence-corrected chi connectivity index (χ2v) is 9.59. The molecular weight excluding hydrogens is 451 g/mol. The highest BCUT2D eigenvalue weighted by Gasteiger charge is 2.32. The molecule has 7 nitrogen and oxygen atoms in total. The van der Waals surface area contributed by atoms with Crippen molar-refractivity contribution in [2.45, 2.75) is 50.7 Å². The maximum atomic E-state index is 14.3. The summed E-state index contributed by atoms with van der Waals surface area (Å²) in [6.07, 6.45) is 3.16. The number of nitrogens with one attached hydrogen (secondary N) is 3. The fraction of sp³-hybridized carbons (Fsp3) is 0.560. The number of halogens is 2. The summed E-state index contributed by atoms with van der Waals surface area (Å²) in [5.41, 5.74) is 2.70. The normalized spacial score (nSPS) is 23.5. The summed E-state index contributed by atoms with van der Waals surface area (Å²) >= 11 is 0. The summed E-state index contributed by atoms with van der Waals surface area (Å²) < 4.78 is 33.8. The Morgan fingerprint density at radius 2 is 2.09 bits per heavy atom. The van der Waals surface area contributed by atoms with Crippen LogP contribution in [0, 0.1) is 11.7 Å². The second-order valence-electron chi connectivity index (χ2n) is 9.59. The third-order valence-electron chi connectivity index (χ3n) is 7.05. The van der Waals surface area contributed by atoms with Gasteiger partial charge in [-0.05, 0) is 42.4 Å². The highest BCUT2D eigenvalue weighted by atomic mass is 19.1. The number of alkyl halides is 1. The van der Waals surface area contributed by atoms with Crippen molar-refractivity contribution >= 4 is 31.4 Å². The quantitative estimate of drug-likeness (QED) is 0.381. The van der Waals surface area contributed by atoms with E-state index < -0.39 is 12.1 Å². The minimum atomic E-state index is -1.02. The molecule has 0 bridgehead atoms. The molecule has 2 aliphatic heterocycles. The number of hydrogen-bond donors (Lipinski definition) is 3. The van der Waals surface area contributed by atoms with Crippen LogP contribution < -0.4 is 21.4 Å². The van der Waals surface area contributed by atoms with Crippen molar-refractivity contribution in [1.82, 2.24) is 16.0 Å². The van der Waals surface area contributed by atoms with Gasteiger partial charge in [0.1, 0.15) is 32.0 Å². The van der Waals surface area contributed by atoms with E-state index in [1.165, 1.54) is 12.4 Å². The number of amides is 1. The summed E-state index contributed by atoms with van der Waals surface area (Å²) in [7, 11) is 1.71. The predicted molar refractivity (Wildman–Crippen MR) is 136 cm³/mol. The highest BCUT2D eigenvalue weighted by Crippen LogP contribution is 2.37. The van der Waals surface area contributed by atoms with E-state index in [0.29, 0.717) is 68.2 Å². The second kappa shape index (κ2) is 11.9. The van der Waals surface area contributed by atoms with Gasteiger partial charge in [-0.2, -0.15) is 0 Å². The fourth-order valence-electron chi connectivity index (χ4n) is 4.83. The third-order valence-corrected chi connectivity index (χ3v) is 7.05. The lowest BCUT2D eigenvalue weighted by atomic mass is 9.90. The summed E-state index contributed by atoms with van der Waals surface area (Å²) in [6, 6.07) is 5.27. The van der Waals surface area contributed by atoms with Crippen molar-refractivity contribution in [2.75, 3.05) is 32.8 Å². The first-order chi connectivity index (χ1) is 16.9. The molecule has 35 heavy (non-hydrogen) atoms. The van der Waals surface area contributed by atoms with Crippen LogP contribution in [0.1, 0.15) is 44.1 Å². The largest absolute Gasteiger partial charge is 0.381 e. The molecule has 3 aliphatic rings. The zero-order chi connectivity index (χ0) is 24.8. The molecule has 0 spiro atoms. The molecule has 0 unspecified atom stereocenters. The van der Waals surface area contributed by atoms with Gasteiger partial charge < -0.3 is 20.7 Å². The van der Waals surface area contributed by atoms with Crippen LogP contribution in [0.5, 0.6) is 0 Å². The molecule has 1 saturated heterocycles. The number of ether oxygens (including phenoxy) is 1. The van der Waals surface area contributed by atoms with Crippen molar-refractivity contribution in [3.05, 3.63) is 40.8 Å². The molecule has 0 saturated carbocycles. The van der Waals surface area contributed by atoms with E-state index in [1.807, 2.05) is 13.0 Å². The van der Waals surface area contributed by atoms with Crippen LogP contribution in [0.3, 0.4) is 0 Å². The first kappa shape index (κ1) is 25.5. The molecule has 3 atom stereocenters. The Kier molecular flexibility index (Phi) is 8.67. The van der Waals surface area contributed by atoms with Gasteiger partial charge in [-0.1, -0.05) is 24.5 Å². The summed E-state index contributed by atoms with van der Waals surface area (Å²) in [5.74, 6) is -0.128. The maximum Gasteiger partial charge on any atom is 0.228 e. The van der Waals surface area contributed by atoms with Crippen molar-refractivity contribution < 1.29 is 18.3 Å². The molecule has 0 aromatic heterocycles. The molecule has 1 aromatic rings. The van der Waals surface area contributed by atoms with Crippen molar-refractivity contribution in [3.8, 4) is 0 Å². The number of carbonyl (C=O) groups is 1. The van der Waals surface area contributed by atoms with Crippen LogP contribution in [-0.2, 0) is 9.53 Å². The number of nitrogens with zero attached hydrogens (tertiary/aromatic N) is 2. The minimum absolute atomic E-state index is 0.140. The number of hydrogen-bond acceptors (Lipinski definition) is 6. The number of amidine groups is 1. The molecule has 3 N–H and O–H groups in total. The molecule has 0 radical (unpaired) electrons. The molecule has 188 valence electrons. The zero-order valence-corrected chi connectivity index (χ0v) is 20.4. The van der Waals surface area contributed by atoms with Gasteiger partial charge in [0.05, 0.1) is 11.6 Å². The SMILES string of the molecule is Bc1ccc([C@@H](CNC2CCOCC2)C(=O)NCCNC2=NC=NC3=C(C2)[C@H](C)C[C@@H]3F)cc1F. The van der Waals surface area contributed by atoms with Crippen molar-refractivity contribution in [3.63, 3.8) is 0 Å². The first-order valence-corrected chi connectivity index (χ1v) is 12.5. The number of aliphatic imine (C=N–C) groups is 2. The van der Waals surface area contributed by atoms with Gasteiger partial charge in [-0.15, -0.1) is 0 Å². The van der Waals surface area contributed by atoms with Gasteiger partial charge in [0.25, 0.3) is 0 Å². The predicted octanol–water partition coefficient (Wildman–Crippen LogP) is 1.10. The van der Waals surface area contributed by atoms with E-state index in [0.717, 1.165) is 18.4 Å². The fourth-order valence-corrected chi connectivity index (χ4v) is 4.83. The molecule has 2 heterocycles. The third kappa shape index (κ3) is 6.55. The average Bonchev–Trinajstić information content (AvgIpc) is 3.00. The zero-order valence-electron chi connectivity index (χ0n) is 20.4. The van der Waals surface area contributed by atoms with E-state index in [2.05, 4.69) is 25.9 Å². The lowest BCUT2D eigenvalue weighted by Crippen LogP contribution is -2.43. The smallest absolute Gasteiger partial charge is 0.228 e. The Hall–Kier alpha value is -2.59. The van der Waals surface area contributed by atoms with Gasteiger partial charge in [0.15, 0.2) is 0 Å². The molecule has 1 aliphatic carbocycles. The highest BCUT2D eigenvalue weighted by molar-refractivity contribution is 6.32. The van der Waals surface area contributed by atoms with Gasteiger partial charge in [0.2, 0.25) is 5.91 Å². The van der Waals surface area contributed by atoms with E-state index in [-0.39, 0.29) is 23.7 Å². The van der Waals surface area contributed by atoms with E-state index in [9.17, 15) is 13.6 Å². The van der Waals surface area contributed by atoms with Crippen molar-refractivity contribution in [1.29, 1.82) is 0 Å². The molecule has 10 heteroatoms. The Balaban J connectivity index is 1.31. The number of carbonyl (C=O) groups excluding carboxylic acids is 1. The molecule has 1 aromatic carbocycles. The average molecular weight is 485 g/mol. The van der Waals surface area contributed by atoms with Gasteiger partial charge in [-0.3, -0.25) is 4.79 Å². The van der Waals surface area contributed by atoms with Crippen LogP contribution in [0.2, 0.25) is 0 Å². The standard InChI is InChI=1S/C25H34BF2N5O2/c1-15-10-22(28)24-18(15)12-23(32-14-33-24)29-6-7-30-25(34)19(13-31-17-4-8-35-9-5-17)16-2-3-20(26)21(27)11-16/h2-3,11,14-15,17,19,22,31H,4-10,12-13,26H2,1H3,(H,30,34)(H,29,32,33)/t15-,19-,22+/m1/s1. The van der Waals surface area contributed by atoms with E-state index in [4.69, 9.17) is 4.74 Å². The van der Waals surface area contributed by atoms with Crippen LogP contribution in [0.4, 0.5) is 8.78 Å². The Morgan fingerprint density at radius 3 is 2.86 bits per heavy atom. The van der Waals surface area contributed by atoms with Crippen LogP contribution in [0.25, 0.3) is 0 Å². The van der Waals surface area contributed by atoms with Crippen LogP contribution in [-0.4, -0.2) is 71.0 Å². The number of rotatable bonds is 8. The van der Waals surface area contributed by atoms with Crippen LogP contribution in [0.15, 0.2) is 39.5 Å². The maximum absolute atomic E-state index is 14.3. The van der Waals surface area contributed by atoms with Crippen LogP contribution >= 0.6 is 0 Å². The van der Waals surface area contributed by atoms with Gasteiger partial charge in [0, 0.05) is 45.3 Å². The van der Waals surface area contributed by atoms with E-state index >= 15 is 0 Å². The molecular formula is C25H34BF2N5O2. The number of benzene rings is 1. The van der Waals surface area contributed by atoms with Gasteiger partial charge in [-0.25, -0.2) is 18.8 Å². The monoisotopic (exact) mass is 485 g/mol. The van der Waals surface area contributed by atoms with E-state index in [1.54, 1.807) is 13.9 Å². The summed E-state index contributed by atoms with van der Waals surface area (Å²) in [4.78, 5) is 21.6. The molecule has 1 amide bonds. The summed E-state index contributed by atoms with van der Waals surface area (Å²) in [5, 5.41) is 9.68. The topological polar surface area (TPSA) is 87.1 Å². The van der Waals surface area contributed by atoms with Crippen molar-refractivity contribution in [2.24, 2.45) is 15.9 Å². The number of allylic oxidation sites excluding steroid dienone is 1. The Bertz CT molecular complexity index is 1010. The first-order valence-electron chi connectivity index (χ1n) is 12.5.